The summed E-state index contributed by atoms with van der Waals surface area (Å²) in [5, 5.41) is 3.07. The van der Waals surface area contributed by atoms with Crippen LogP contribution in [-0.4, -0.2) is 11.9 Å². The second-order valence-corrected chi connectivity index (χ2v) is 2.93. The molecule has 2 rings (SSSR count). The summed E-state index contributed by atoms with van der Waals surface area (Å²) in [5.74, 6) is 0.230. The zero-order chi connectivity index (χ0) is 8.77. The van der Waals surface area contributed by atoms with E-state index in [0.29, 0.717) is 5.70 Å². The molecule has 0 spiro atoms. The van der Waals surface area contributed by atoms with Crippen molar-refractivity contribution in [1.29, 1.82) is 0 Å². The highest BCUT2D eigenvalue weighted by Gasteiger charge is 2.40. The second-order valence-electron chi connectivity index (χ2n) is 2.93. The van der Waals surface area contributed by atoms with Crippen LogP contribution in [0.3, 0.4) is 0 Å². The van der Waals surface area contributed by atoms with Crippen LogP contribution in [0.15, 0.2) is 16.9 Å². The van der Waals surface area contributed by atoms with E-state index in [4.69, 9.17) is 0 Å². The van der Waals surface area contributed by atoms with Gasteiger partial charge in [-0.1, -0.05) is 0 Å². The molecule has 0 aromatic heterocycles. The maximum absolute atomic E-state index is 12.0. The predicted molar refractivity (Wildman–Crippen MR) is 36.4 cm³/mol. The summed E-state index contributed by atoms with van der Waals surface area (Å²) in [5.41, 5.74) is 3.09. The van der Waals surface area contributed by atoms with Crippen molar-refractivity contribution in [2.45, 2.75) is 19.0 Å². The minimum atomic E-state index is -4.35. The van der Waals surface area contributed by atoms with Crippen LogP contribution in [0.1, 0.15) is 12.8 Å². The lowest BCUT2D eigenvalue weighted by Crippen LogP contribution is -2.19. The summed E-state index contributed by atoms with van der Waals surface area (Å²) in [6, 6.07) is 0. The van der Waals surface area contributed by atoms with Crippen LogP contribution in [0.25, 0.3) is 0 Å². The van der Waals surface area contributed by atoms with Gasteiger partial charge in [-0.2, -0.15) is 18.6 Å². The van der Waals surface area contributed by atoms with Crippen LogP contribution < -0.4 is 5.43 Å². The Kier molecular flexibility index (Phi) is 1.43. The van der Waals surface area contributed by atoms with Crippen molar-refractivity contribution in [3.05, 3.63) is 11.8 Å². The highest BCUT2D eigenvalue weighted by molar-refractivity contribution is 6.01. The van der Waals surface area contributed by atoms with E-state index in [1.54, 1.807) is 0 Å². The van der Waals surface area contributed by atoms with Crippen LogP contribution in [0.4, 0.5) is 13.2 Å². The quantitative estimate of drug-likeness (QED) is 0.581. The molecule has 65 valence electrons. The Morgan fingerprint density at radius 1 is 1.33 bits per heavy atom. The highest BCUT2D eigenvalue weighted by atomic mass is 19.4. The lowest BCUT2D eigenvalue weighted by Gasteiger charge is -1.99. The van der Waals surface area contributed by atoms with Gasteiger partial charge in [-0.15, -0.1) is 5.10 Å². The molecular formula is C7H6F3N2. The first-order chi connectivity index (χ1) is 5.57. The minimum Gasteiger partial charge on any atom is -0.164 e. The molecule has 0 atom stereocenters. The Hall–Kier alpha value is -1.00. The lowest BCUT2D eigenvalue weighted by atomic mass is 10.2. The molecule has 0 N–H and O–H groups in total. The fraction of sp³-hybridized carbons (Fsp3) is 0.571. The van der Waals surface area contributed by atoms with Gasteiger partial charge in [-0.3, -0.25) is 0 Å². The summed E-state index contributed by atoms with van der Waals surface area (Å²) < 4.78 is 35.9. The molecule has 0 bridgehead atoms. The molecule has 0 amide bonds. The fourth-order valence-corrected chi connectivity index (χ4v) is 1.03. The number of allylic oxidation sites excluding steroid dienone is 2. The van der Waals surface area contributed by atoms with Gasteiger partial charge in [0.1, 0.15) is 0 Å². The van der Waals surface area contributed by atoms with Crippen molar-refractivity contribution in [2.75, 3.05) is 0 Å². The summed E-state index contributed by atoms with van der Waals surface area (Å²) >= 11 is 0. The van der Waals surface area contributed by atoms with Crippen molar-refractivity contribution in [3.63, 3.8) is 0 Å². The van der Waals surface area contributed by atoms with Gasteiger partial charge in [-0.05, 0) is 18.9 Å². The number of hydrogen-bond acceptors (Lipinski definition) is 1. The number of nitrogens with zero attached hydrogens (tertiary/aromatic N) is 2. The SMILES string of the molecule is FC(F)(F)C1=N[N]C(C2CC2)=C1. The van der Waals surface area contributed by atoms with Gasteiger partial charge in [0.05, 0.1) is 5.70 Å². The molecule has 0 aromatic carbocycles. The van der Waals surface area contributed by atoms with Gasteiger partial charge < -0.3 is 0 Å². The first kappa shape index (κ1) is 7.64. The van der Waals surface area contributed by atoms with E-state index in [2.05, 4.69) is 10.5 Å². The minimum absolute atomic E-state index is 0.230. The van der Waals surface area contributed by atoms with Crippen LogP contribution in [0.5, 0.6) is 0 Å². The smallest absolute Gasteiger partial charge is 0.164 e. The summed E-state index contributed by atoms with van der Waals surface area (Å²) in [7, 11) is 0. The van der Waals surface area contributed by atoms with Gasteiger partial charge in [0.2, 0.25) is 0 Å². The Labute approximate surface area is 67.1 Å². The standard InChI is InChI=1S/C7H6F3N2/c8-7(9,10)6-3-5(11-12-6)4-1-2-4/h3-4H,1-2H2. The average Bonchev–Trinajstić information content (AvgIpc) is 2.66. The first-order valence-corrected chi connectivity index (χ1v) is 3.65. The Morgan fingerprint density at radius 2 is 2.00 bits per heavy atom. The highest BCUT2D eigenvalue weighted by Crippen LogP contribution is 2.38. The Balaban J connectivity index is 2.10. The molecular weight excluding hydrogens is 169 g/mol. The van der Waals surface area contributed by atoms with Gasteiger partial charge >= 0.3 is 6.18 Å². The third kappa shape index (κ3) is 1.31. The summed E-state index contributed by atoms with van der Waals surface area (Å²) in [6.45, 7) is 0. The number of halogens is 3. The monoisotopic (exact) mass is 175 g/mol. The Morgan fingerprint density at radius 3 is 2.42 bits per heavy atom. The molecule has 1 aliphatic heterocycles. The maximum Gasteiger partial charge on any atom is 0.435 e. The molecule has 1 radical (unpaired) electrons. The molecule has 12 heavy (non-hydrogen) atoms. The number of rotatable bonds is 1. The van der Waals surface area contributed by atoms with Crippen LogP contribution in [0, 0.1) is 5.92 Å². The van der Waals surface area contributed by atoms with Crippen molar-refractivity contribution in [2.24, 2.45) is 11.0 Å². The molecule has 2 nitrogen and oxygen atoms in total. The second kappa shape index (κ2) is 2.24. The zero-order valence-corrected chi connectivity index (χ0v) is 6.10. The van der Waals surface area contributed by atoms with Crippen molar-refractivity contribution < 1.29 is 13.2 Å². The normalized spacial score (nSPS) is 23.2. The third-order valence-electron chi connectivity index (χ3n) is 1.84. The maximum atomic E-state index is 12.0. The van der Waals surface area contributed by atoms with Gasteiger partial charge in [0.25, 0.3) is 0 Å². The topological polar surface area (TPSA) is 26.5 Å². The Bertz CT molecular complexity index is 260. The summed E-state index contributed by atoms with van der Waals surface area (Å²) in [4.78, 5) is 0. The van der Waals surface area contributed by atoms with E-state index in [1.807, 2.05) is 0 Å². The van der Waals surface area contributed by atoms with Gasteiger partial charge in [0, 0.05) is 5.92 Å². The molecule has 1 heterocycles. The molecule has 2 aliphatic rings. The van der Waals surface area contributed by atoms with Gasteiger partial charge in [0.15, 0.2) is 5.71 Å². The van der Waals surface area contributed by atoms with E-state index < -0.39 is 11.9 Å². The van der Waals surface area contributed by atoms with Crippen LogP contribution in [0.2, 0.25) is 0 Å². The van der Waals surface area contributed by atoms with Crippen molar-refractivity contribution in [3.8, 4) is 0 Å². The van der Waals surface area contributed by atoms with E-state index in [0.717, 1.165) is 18.9 Å². The average molecular weight is 175 g/mol. The molecule has 0 saturated heterocycles. The third-order valence-corrected chi connectivity index (χ3v) is 1.84. The van der Waals surface area contributed by atoms with Crippen LogP contribution in [-0.2, 0) is 0 Å². The molecule has 5 heteroatoms. The largest absolute Gasteiger partial charge is 0.435 e. The van der Waals surface area contributed by atoms with Crippen molar-refractivity contribution in [1.82, 2.24) is 5.43 Å². The number of hydrogen-bond donors (Lipinski definition) is 0. The molecule has 1 saturated carbocycles. The first-order valence-electron chi connectivity index (χ1n) is 3.65. The van der Waals surface area contributed by atoms with E-state index >= 15 is 0 Å². The van der Waals surface area contributed by atoms with Crippen LogP contribution >= 0.6 is 0 Å². The number of alkyl halides is 3. The molecule has 1 aliphatic carbocycles. The van der Waals surface area contributed by atoms with E-state index in [9.17, 15) is 13.2 Å². The molecule has 1 fully saturated rings. The molecule has 0 unspecified atom stereocenters. The summed E-state index contributed by atoms with van der Waals surface area (Å²) in [6.07, 6.45) is -1.43. The van der Waals surface area contributed by atoms with Gasteiger partial charge in [-0.25, -0.2) is 0 Å². The predicted octanol–water partition coefficient (Wildman–Crippen LogP) is 1.82. The zero-order valence-electron chi connectivity index (χ0n) is 6.10. The van der Waals surface area contributed by atoms with E-state index in [-0.39, 0.29) is 5.92 Å². The fourth-order valence-electron chi connectivity index (χ4n) is 1.03. The molecule has 0 aromatic rings. The van der Waals surface area contributed by atoms with Crippen molar-refractivity contribution >= 4 is 5.71 Å². The lowest BCUT2D eigenvalue weighted by molar-refractivity contribution is -0.0577. The van der Waals surface area contributed by atoms with E-state index in [1.165, 1.54) is 0 Å².